The summed E-state index contributed by atoms with van der Waals surface area (Å²) in [5, 5.41) is 7.53. The molecule has 0 saturated heterocycles. The summed E-state index contributed by atoms with van der Waals surface area (Å²) in [4.78, 5) is 0. The van der Waals surface area contributed by atoms with Crippen molar-refractivity contribution in [2.24, 2.45) is 0 Å². The Morgan fingerprint density at radius 3 is 1.20 bits per heavy atom. The van der Waals surface area contributed by atoms with Gasteiger partial charge in [-0.05, 0) is 73.1 Å². The Kier molecular flexibility index (Phi) is 7.75. The second-order valence-corrected chi connectivity index (χ2v) is 15.4. The molecule has 0 amide bonds. The molecule has 11 aromatic rings. The largest absolute Gasteiger partial charge is 0.455 e. The van der Waals surface area contributed by atoms with Crippen molar-refractivity contribution >= 4 is 53.1 Å². The molecule has 0 fully saturated rings. The van der Waals surface area contributed by atoms with Gasteiger partial charge in [-0.3, -0.25) is 0 Å². The number of hydrogen-bond donors (Lipinski definition) is 0. The Balaban J connectivity index is 1.32. The monoisotopic (exact) mass is 730 g/mol. The highest BCUT2D eigenvalue weighted by molar-refractivity contribution is 7.26. The van der Waals surface area contributed by atoms with Crippen LogP contribution >= 0.6 is 11.3 Å². The van der Waals surface area contributed by atoms with Gasteiger partial charge < -0.3 is 4.42 Å². The van der Waals surface area contributed by atoms with Gasteiger partial charge in [0.1, 0.15) is 11.5 Å². The van der Waals surface area contributed by atoms with Crippen molar-refractivity contribution in [1.29, 1.82) is 0 Å². The molecule has 9 aromatic carbocycles. The van der Waals surface area contributed by atoms with Gasteiger partial charge in [0.15, 0.2) is 0 Å². The van der Waals surface area contributed by atoms with Crippen LogP contribution in [-0.2, 0) is 0 Å². The fourth-order valence-corrected chi connectivity index (χ4v) is 9.87. The Labute approximate surface area is 329 Å². The molecular weight excluding hydrogens is 697 g/mol. The van der Waals surface area contributed by atoms with E-state index in [1.807, 2.05) is 11.3 Å². The molecule has 0 unspecified atom stereocenters. The van der Waals surface area contributed by atoms with Crippen LogP contribution < -0.4 is 0 Å². The predicted molar refractivity (Wildman–Crippen MR) is 239 cm³/mol. The fourth-order valence-electron chi connectivity index (χ4n) is 8.70. The number of fused-ring (bicyclic) bond motifs is 5. The quantitative estimate of drug-likeness (QED) is 0.155. The van der Waals surface area contributed by atoms with Gasteiger partial charge in [0.05, 0.1) is 0 Å². The molecule has 0 aliphatic rings. The van der Waals surface area contributed by atoms with E-state index in [9.17, 15) is 0 Å². The minimum Gasteiger partial charge on any atom is -0.455 e. The summed E-state index contributed by atoms with van der Waals surface area (Å²) in [6.07, 6.45) is 0. The van der Waals surface area contributed by atoms with Crippen LogP contribution in [0.25, 0.3) is 109 Å². The molecule has 11 rings (SSSR count). The molecule has 0 radical (unpaired) electrons. The molecule has 0 atom stereocenters. The SMILES string of the molecule is c1ccc(-c2oc(-c3ccccc3)c(-c3cc(-c4c5ccccc5c(-c5ccccc5)c5ccccc45)c4c(c3)sc3ccccc34)c2-c2ccccc2)cc1. The van der Waals surface area contributed by atoms with Crippen LogP contribution in [0.15, 0.2) is 211 Å². The first-order valence-electron chi connectivity index (χ1n) is 19.1. The lowest BCUT2D eigenvalue weighted by atomic mass is 9.83. The van der Waals surface area contributed by atoms with E-state index in [1.54, 1.807) is 0 Å². The molecule has 0 N–H and O–H groups in total. The average Bonchev–Trinajstić information content (AvgIpc) is 3.86. The van der Waals surface area contributed by atoms with Crippen LogP contribution in [0.1, 0.15) is 0 Å². The smallest absolute Gasteiger partial charge is 0.143 e. The van der Waals surface area contributed by atoms with Crippen molar-refractivity contribution in [3.63, 3.8) is 0 Å². The molecule has 0 saturated carbocycles. The normalized spacial score (nSPS) is 11.6. The van der Waals surface area contributed by atoms with Gasteiger partial charge in [-0.1, -0.05) is 188 Å². The lowest BCUT2D eigenvalue weighted by molar-refractivity contribution is 0.599. The molecule has 0 aliphatic heterocycles. The van der Waals surface area contributed by atoms with E-state index in [-0.39, 0.29) is 0 Å². The number of hydrogen-bond acceptors (Lipinski definition) is 2. The lowest BCUT2D eigenvalue weighted by Crippen LogP contribution is -1.92. The highest BCUT2D eigenvalue weighted by Gasteiger charge is 2.27. The first-order valence-corrected chi connectivity index (χ1v) is 19.9. The zero-order valence-electron chi connectivity index (χ0n) is 30.4. The number of rotatable bonds is 6. The molecule has 2 heteroatoms. The van der Waals surface area contributed by atoms with E-state index in [0.29, 0.717) is 0 Å². The third-order valence-corrected chi connectivity index (χ3v) is 12.2. The maximum atomic E-state index is 7.15. The van der Waals surface area contributed by atoms with E-state index in [2.05, 4.69) is 206 Å². The first kappa shape index (κ1) is 32.4. The third kappa shape index (κ3) is 5.22. The van der Waals surface area contributed by atoms with Crippen LogP contribution in [0.5, 0.6) is 0 Å². The highest BCUT2D eigenvalue weighted by Crippen LogP contribution is 2.53. The van der Waals surface area contributed by atoms with E-state index in [0.717, 1.165) is 44.9 Å². The molecule has 2 aromatic heterocycles. The minimum absolute atomic E-state index is 0.865. The summed E-state index contributed by atoms with van der Waals surface area (Å²) in [5.74, 6) is 1.73. The van der Waals surface area contributed by atoms with Crippen molar-refractivity contribution in [3.8, 4) is 67.2 Å². The molecule has 2 heterocycles. The highest BCUT2D eigenvalue weighted by atomic mass is 32.1. The molecule has 1 nitrogen and oxygen atoms in total. The summed E-state index contributed by atoms with van der Waals surface area (Å²) in [6, 6.07) is 74.4. The molecule has 0 bridgehead atoms. The average molecular weight is 731 g/mol. The van der Waals surface area contributed by atoms with Gasteiger partial charge in [-0.15, -0.1) is 11.3 Å². The third-order valence-electron chi connectivity index (χ3n) is 11.1. The molecule has 56 heavy (non-hydrogen) atoms. The zero-order chi connectivity index (χ0) is 37.0. The molecule has 0 spiro atoms. The van der Waals surface area contributed by atoms with Gasteiger partial charge >= 0.3 is 0 Å². The summed E-state index contributed by atoms with van der Waals surface area (Å²) in [5.41, 5.74) is 11.5. The van der Waals surface area contributed by atoms with Crippen molar-refractivity contribution in [3.05, 3.63) is 206 Å². The van der Waals surface area contributed by atoms with Gasteiger partial charge in [0.25, 0.3) is 0 Å². The van der Waals surface area contributed by atoms with Crippen molar-refractivity contribution in [2.75, 3.05) is 0 Å². The summed E-state index contributed by atoms with van der Waals surface area (Å²) in [6.45, 7) is 0. The van der Waals surface area contributed by atoms with Gasteiger partial charge in [0.2, 0.25) is 0 Å². The topological polar surface area (TPSA) is 13.1 Å². The van der Waals surface area contributed by atoms with Gasteiger partial charge in [0, 0.05) is 42.4 Å². The number of thiophene rings is 1. The minimum atomic E-state index is 0.865. The van der Waals surface area contributed by atoms with E-state index >= 15 is 0 Å². The summed E-state index contributed by atoms with van der Waals surface area (Å²) >= 11 is 1.87. The Morgan fingerprint density at radius 1 is 0.286 bits per heavy atom. The second-order valence-electron chi connectivity index (χ2n) is 14.3. The molecule has 0 aliphatic carbocycles. The van der Waals surface area contributed by atoms with Crippen LogP contribution in [0.3, 0.4) is 0 Å². The number of furan rings is 1. The Bertz CT molecular complexity index is 3150. The zero-order valence-corrected chi connectivity index (χ0v) is 31.3. The fraction of sp³-hybridized carbons (Fsp3) is 0. The molecule has 262 valence electrons. The van der Waals surface area contributed by atoms with Crippen molar-refractivity contribution < 1.29 is 4.42 Å². The van der Waals surface area contributed by atoms with Gasteiger partial charge in [-0.25, -0.2) is 0 Å². The van der Waals surface area contributed by atoms with Crippen LogP contribution in [0.2, 0.25) is 0 Å². The van der Waals surface area contributed by atoms with E-state index in [4.69, 9.17) is 4.42 Å². The van der Waals surface area contributed by atoms with Crippen LogP contribution in [-0.4, -0.2) is 0 Å². The van der Waals surface area contributed by atoms with Crippen molar-refractivity contribution in [2.45, 2.75) is 0 Å². The first-order chi connectivity index (χ1) is 27.8. The van der Waals surface area contributed by atoms with E-state index in [1.165, 1.54) is 64.0 Å². The van der Waals surface area contributed by atoms with E-state index < -0.39 is 0 Å². The van der Waals surface area contributed by atoms with Crippen LogP contribution in [0.4, 0.5) is 0 Å². The second kappa shape index (κ2) is 13.4. The van der Waals surface area contributed by atoms with Crippen molar-refractivity contribution in [1.82, 2.24) is 0 Å². The maximum Gasteiger partial charge on any atom is 0.143 e. The summed E-state index contributed by atoms with van der Waals surface area (Å²) < 4.78 is 9.68. The van der Waals surface area contributed by atoms with Gasteiger partial charge in [-0.2, -0.15) is 0 Å². The standard InChI is InChI=1S/C54H34OS/c1-5-19-35(20-6-1)48-40-27-13-15-29-42(40)51(43-30-16-14-28-41(43)48)45-33-39(34-47-52(45)44-31-17-18-32-46(44)56-47)50-49(36-21-7-2-8-22-36)53(37-23-9-3-10-24-37)55-54(50)38-25-11-4-12-26-38/h1-34H. The Morgan fingerprint density at radius 2 is 0.679 bits per heavy atom. The summed E-state index contributed by atoms with van der Waals surface area (Å²) in [7, 11) is 0. The predicted octanol–water partition coefficient (Wildman–Crippen LogP) is 16.0. The molecular formula is C54H34OS. The van der Waals surface area contributed by atoms with Crippen LogP contribution in [0, 0.1) is 0 Å². The maximum absolute atomic E-state index is 7.15. The Hall–Kier alpha value is -7.00. The lowest BCUT2D eigenvalue weighted by Gasteiger charge is -2.19. The number of benzene rings is 9.